The molecule has 1 saturated carbocycles. The smallest absolute Gasteiger partial charge is 0.325 e. The van der Waals surface area contributed by atoms with Crippen molar-refractivity contribution in [3.05, 3.63) is 0 Å². The number of carbonyl (C=O) groups is 1. The van der Waals surface area contributed by atoms with Gasteiger partial charge in [0.1, 0.15) is 0 Å². The van der Waals surface area contributed by atoms with E-state index < -0.39 is 0 Å². The fourth-order valence-electron chi connectivity index (χ4n) is 0.493. The summed E-state index contributed by atoms with van der Waals surface area (Å²) in [5, 5.41) is 0. The second-order valence-corrected chi connectivity index (χ2v) is 2.79. The van der Waals surface area contributed by atoms with Crippen LogP contribution < -0.4 is 5.48 Å². The van der Waals surface area contributed by atoms with Gasteiger partial charge in [0.15, 0.2) is 0 Å². The first-order chi connectivity index (χ1) is 4.83. The van der Waals surface area contributed by atoms with E-state index >= 15 is 0 Å². The van der Waals surface area contributed by atoms with Gasteiger partial charge in [-0.05, 0) is 12.8 Å². The lowest BCUT2D eigenvalue weighted by molar-refractivity contribution is -0.151. The molecule has 0 aromatic heterocycles. The minimum atomic E-state index is -0.220. The van der Waals surface area contributed by atoms with Crippen LogP contribution in [0, 0.1) is 0 Å². The molecule has 0 aromatic carbocycles. The van der Waals surface area contributed by atoms with E-state index in [1.165, 1.54) is 0 Å². The molecule has 0 spiro atoms. The van der Waals surface area contributed by atoms with Crippen LogP contribution in [0.4, 0.5) is 0 Å². The third-order valence-electron chi connectivity index (χ3n) is 1.23. The van der Waals surface area contributed by atoms with Crippen LogP contribution >= 0.6 is 12.6 Å². The summed E-state index contributed by atoms with van der Waals surface area (Å²) >= 11 is 3.89. The molecule has 0 atom stereocenters. The monoisotopic (exact) mass is 161 g/mol. The summed E-state index contributed by atoms with van der Waals surface area (Å²) in [6.07, 6.45) is 2.62. The molecule has 1 rings (SSSR count). The summed E-state index contributed by atoms with van der Waals surface area (Å²) < 4.78 is 0. The predicted octanol–water partition coefficient (Wildman–Crippen LogP) is 0.517. The second-order valence-electron chi connectivity index (χ2n) is 2.34. The quantitative estimate of drug-likeness (QED) is 0.466. The number of hydrogen-bond donors (Lipinski definition) is 2. The maximum Gasteiger partial charge on any atom is 0.325 e. The standard InChI is InChI=1S/C6H11NO2S/c8-6(3-4-10)9-7-5-1-2-5/h5,7,10H,1-4H2. The van der Waals surface area contributed by atoms with Gasteiger partial charge in [-0.2, -0.15) is 18.1 Å². The predicted molar refractivity (Wildman–Crippen MR) is 40.7 cm³/mol. The number of rotatable bonds is 4. The normalized spacial score (nSPS) is 16.9. The van der Waals surface area contributed by atoms with Crippen LogP contribution in [0.3, 0.4) is 0 Å². The van der Waals surface area contributed by atoms with Gasteiger partial charge in [0.2, 0.25) is 0 Å². The first-order valence-electron chi connectivity index (χ1n) is 3.39. The van der Waals surface area contributed by atoms with Crippen LogP contribution in [-0.2, 0) is 9.63 Å². The molecule has 1 N–H and O–H groups in total. The first-order valence-corrected chi connectivity index (χ1v) is 4.02. The van der Waals surface area contributed by atoms with Crippen LogP contribution in [0.5, 0.6) is 0 Å². The highest BCUT2D eigenvalue weighted by Crippen LogP contribution is 2.18. The van der Waals surface area contributed by atoms with Crippen molar-refractivity contribution in [2.45, 2.75) is 25.3 Å². The zero-order chi connectivity index (χ0) is 7.40. The molecule has 0 amide bonds. The molecule has 0 aromatic rings. The van der Waals surface area contributed by atoms with Gasteiger partial charge >= 0.3 is 5.97 Å². The van der Waals surface area contributed by atoms with Gasteiger partial charge in [0.05, 0.1) is 6.42 Å². The summed E-state index contributed by atoms with van der Waals surface area (Å²) in [6, 6.07) is 0.420. The summed E-state index contributed by atoms with van der Waals surface area (Å²) in [7, 11) is 0. The third-order valence-corrected chi connectivity index (χ3v) is 1.46. The topological polar surface area (TPSA) is 38.3 Å². The van der Waals surface area contributed by atoms with Crippen molar-refractivity contribution in [3.8, 4) is 0 Å². The summed E-state index contributed by atoms with van der Waals surface area (Å²) in [5.41, 5.74) is 2.66. The van der Waals surface area contributed by atoms with Gasteiger partial charge in [-0.15, -0.1) is 0 Å². The summed E-state index contributed by atoms with van der Waals surface area (Å²) in [5.74, 6) is 0.326. The van der Waals surface area contributed by atoms with Crippen molar-refractivity contribution in [1.82, 2.24) is 5.48 Å². The van der Waals surface area contributed by atoms with E-state index in [1.54, 1.807) is 0 Å². The highest BCUT2D eigenvalue weighted by atomic mass is 32.1. The van der Waals surface area contributed by atoms with Gasteiger partial charge in [0, 0.05) is 11.8 Å². The lowest BCUT2D eigenvalue weighted by atomic mass is 10.5. The van der Waals surface area contributed by atoms with Crippen LogP contribution in [-0.4, -0.2) is 17.8 Å². The number of nitrogens with one attached hydrogen (secondary N) is 1. The SMILES string of the molecule is O=C(CCS)ONC1CC1. The Hall–Kier alpha value is -0.220. The van der Waals surface area contributed by atoms with E-state index in [2.05, 4.69) is 22.9 Å². The minimum Gasteiger partial charge on any atom is -0.370 e. The second kappa shape index (κ2) is 3.83. The molecule has 1 fully saturated rings. The molecular weight excluding hydrogens is 150 g/mol. The highest BCUT2D eigenvalue weighted by Gasteiger charge is 2.22. The van der Waals surface area contributed by atoms with Crippen LogP contribution in [0.25, 0.3) is 0 Å². The van der Waals surface area contributed by atoms with E-state index in [0.717, 1.165) is 12.8 Å². The van der Waals surface area contributed by atoms with Crippen molar-refractivity contribution < 1.29 is 9.63 Å². The Balaban J connectivity index is 1.94. The Bertz CT molecular complexity index is 125. The maximum atomic E-state index is 10.6. The van der Waals surface area contributed by atoms with E-state index in [4.69, 9.17) is 0 Å². The fraction of sp³-hybridized carbons (Fsp3) is 0.833. The molecule has 0 radical (unpaired) electrons. The molecule has 0 aliphatic heterocycles. The van der Waals surface area contributed by atoms with Crippen molar-refractivity contribution in [3.63, 3.8) is 0 Å². The maximum absolute atomic E-state index is 10.6. The van der Waals surface area contributed by atoms with Gasteiger partial charge in [-0.1, -0.05) is 0 Å². The zero-order valence-corrected chi connectivity index (χ0v) is 6.56. The van der Waals surface area contributed by atoms with Crippen LogP contribution in [0.2, 0.25) is 0 Å². The molecular formula is C6H11NO2S. The first kappa shape index (κ1) is 7.88. The van der Waals surface area contributed by atoms with Gasteiger partial charge < -0.3 is 4.84 Å². The Labute approximate surface area is 65.5 Å². The van der Waals surface area contributed by atoms with Crippen LogP contribution in [0.15, 0.2) is 0 Å². The fourth-order valence-corrected chi connectivity index (χ4v) is 0.675. The molecule has 0 heterocycles. The van der Waals surface area contributed by atoms with Gasteiger partial charge in [-0.3, -0.25) is 4.79 Å². The Morgan fingerprint density at radius 1 is 1.70 bits per heavy atom. The van der Waals surface area contributed by atoms with Crippen LogP contribution in [0.1, 0.15) is 19.3 Å². The Morgan fingerprint density at radius 3 is 2.90 bits per heavy atom. The van der Waals surface area contributed by atoms with E-state index in [-0.39, 0.29) is 5.97 Å². The van der Waals surface area contributed by atoms with Crippen molar-refractivity contribution in [1.29, 1.82) is 0 Å². The van der Waals surface area contributed by atoms with Gasteiger partial charge in [-0.25, -0.2) is 0 Å². The number of hydroxylamine groups is 1. The van der Waals surface area contributed by atoms with Crippen molar-refractivity contribution >= 4 is 18.6 Å². The molecule has 4 heteroatoms. The molecule has 0 saturated heterocycles. The molecule has 1 aliphatic rings. The largest absolute Gasteiger partial charge is 0.370 e. The average Bonchev–Trinajstić information content (AvgIpc) is 2.67. The van der Waals surface area contributed by atoms with Crippen molar-refractivity contribution in [2.75, 3.05) is 5.75 Å². The Morgan fingerprint density at radius 2 is 2.40 bits per heavy atom. The summed E-state index contributed by atoms with van der Waals surface area (Å²) in [6.45, 7) is 0. The number of carbonyl (C=O) groups excluding carboxylic acids is 1. The number of hydrogen-bond acceptors (Lipinski definition) is 4. The summed E-state index contributed by atoms with van der Waals surface area (Å²) in [4.78, 5) is 15.3. The highest BCUT2D eigenvalue weighted by molar-refractivity contribution is 7.80. The number of thiol groups is 1. The van der Waals surface area contributed by atoms with E-state index in [1.807, 2.05) is 0 Å². The molecule has 10 heavy (non-hydrogen) atoms. The zero-order valence-electron chi connectivity index (χ0n) is 5.67. The molecule has 3 nitrogen and oxygen atoms in total. The van der Waals surface area contributed by atoms with Gasteiger partial charge in [0.25, 0.3) is 0 Å². The molecule has 58 valence electrons. The van der Waals surface area contributed by atoms with Crippen molar-refractivity contribution in [2.24, 2.45) is 0 Å². The third kappa shape index (κ3) is 3.08. The average molecular weight is 161 g/mol. The Kier molecular flexibility index (Phi) is 3.02. The van der Waals surface area contributed by atoms with E-state index in [0.29, 0.717) is 18.2 Å². The minimum absolute atomic E-state index is 0.220. The lowest BCUT2D eigenvalue weighted by Crippen LogP contribution is -2.21. The molecule has 1 aliphatic carbocycles. The molecule has 0 bridgehead atoms. The lowest BCUT2D eigenvalue weighted by Gasteiger charge is -2.01. The molecule has 0 unspecified atom stereocenters. The van der Waals surface area contributed by atoms with E-state index in [9.17, 15) is 4.79 Å².